The lowest BCUT2D eigenvalue weighted by Gasteiger charge is -2.30. The number of hydrogen-bond acceptors (Lipinski definition) is 7. The molecule has 2 heterocycles. The van der Waals surface area contributed by atoms with Gasteiger partial charge in [0.2, 0.25) is 17.6 Å². The van der Waals surface area contributed by atoms with E-state index in [1.807, 2.05) is 24.3 Å². The average Bonchev–Trinajstić information content (AvgIpc) is 3.28. The number of hydrogen-bond donors (Lipinski definition) is 1. The summed E-state index contributed by atoms with van der Waals surface area (Å²) in [4.78, 5) is 31.4. The topological polar surface area (TPSA) is 97.6 Å². The first-order valence-corrected chi connectivity index (χ1v) is 11.1. The number of rotatable bonds is 6. The molecule has 1 aromatic heterocycles. The van der Waals surface area contributed by atoms with E-state index in [4.69, 9.17) is 9.26 Å². The fourth-order valence-electron chi connectivity index (χ4n) is 3.69. The maximum atomic E-state index is 12.8. The Morgan fingerprint density at radius 2 is 1.88 bits per heavy atom. The molecule has 0 radical (unpaired) electrons. The van der Waals surface area contributed by atoms with Gasteiger partial charge in [-0.3, -0.25) is 9.69 Å². The van der Waals surface area contributed by atoms with E-state index in [9.17, 15) is 9.59 Å². The molecule has 9 heteroatoms. The van der Waals surface area contributed by atoms with Crippen molar-refractivity contribution in [3.8, 4) is 11.4 Å². The van der Waals surface area contributed by atoms with E-state index in [-0.39, 0.29) is 11.8 Å². The summed E-state index contributed by atoms with van der Waals surface area (Å²) in [6.45, 7) is 2.03. The highest BCUT2D eigenvalue weighted by atomic mass is 79.9. The van der Waals surface area contributed by atoms with Crippen LogP contribution >= 0.6 is 15.9 Å². The van der Waals surface area contributed by atoms with Crippen LogP contribution in [0, 0.1) is 5.92 Å². The quantitative estimate of drug-likeness (QED) is 0.510. The van der Waals surface area contributed by atoms with E-state index in [2.05, 4.69) is 36.3 Å². The van der Waals surface area contributed by atoms with Crippen molar-refractivity contribution in [1.29, 1.82) is 0 Å². The highest BCUT2D eigenvalue weighted by Gasteiger charge is 2.27. The molecule has 4 rings (SSSR count). The second kappa shape index (κ2) is 10.1. The number of nitrogens with zero attached hydrogens (tertiary/aromatic N) is 3. The highest BCUT2D eigenvalue weighted by molar-refractivity contribution is 9.10. The molecule has 0 unspecified atom stereocenters. The number of aromatic nitrogens is 2. The lowest BCUT2D eigenvalue weighted by atomic mass is 9.95. The van der Waals surface area contributed by atoms with Crippen LogP contribution in [0.2, 0.25) is 0 Å². The number of esters is 1. The van der Waals surface area contributed by atoms with Gasteiger partial charge in [-0.25, -0.2) is 4.79 Å². The van der Waals surface area contributed by atoms with Crippen LogP contribution in [0.1, 0.15) is 29.1 Å². The highest BCUT2D eigenvalue weighted by Crippen LogP contribution is 2.24. The van der Waals surface area contributed by atoms with Gasteiger partial charge in [0, 0.05) is 16.0 Å². The van der Waals surface area contributed by atoms with E-state index in [0.717, 1.165) is 23.1 Å². The molecule has 0 atom stereocenters. The van der Waals surface area contributed by atoms with Crippen LogP contribution in [0.25, 0.3) is 11.4 Å². The van der Waals surface area contributed by atoms with Crippen LogP contribution in [0.4, 0.5) is 5.69 Å². The fourth-order valence-corrected chi connectivity index (χ4v) is 3.96. The Labute approximate surface area is 194 Å². The second-order valence-corrected chi connectivity index (χ2v) is 8.51. The SMILES string of the molecule is COC(=O)c1ccccc1NC(=O)C1CCN(Cc2nc(-c3ccc(Br)cc3)no2)CC1. The van der Waals surface area contributed by atoms with Crippen molar-refractivity contribution < 1.29 is 18.8 Å². The number of para-hydroxylation sites is 1. The summed E-state index contributed by atoms with van der Waals surface area (Å²) in [5.41, 5.74) is 1.71. The molecule has 1 fully saturated rings. The lowest BCUT2D eigenvalue weighted by Crippen LogP contribution is -2.38. The predicted octanol–water partition coefficient (Wildman–Crippen LogP) is 4.14. The summed E-state index contributed by atoms with van der Waals surface area (Å²) in [7, 11) is 1.32. The fraction of sp³-hybridized carbons (Fsp3) is 0.304. The summed E-state index contributed by atoms with van der Waals surface area (Å²) in [6.07, 6.45) is 1.42. The first-order valence-electron chi connectivity index (χ1n) is 10.3. The van der Waals surface area contributed by atoms with Crippen molar-refractivity contribution >= 4 is 33.5 Å². The normalized spacial score (nSPS) is 14.8. The Kier molecular flexibility index (Phi) is 6.96. The molecule has 1 aliphatic heterocycles. The number of halogens is 1. The summed E-state index contributed by atoms with van der Waals surface area (Å²) >= 11 is 3.42. The number of carbonyl (C=O) groups excluding carboxylic acids is 2. The van der Waals surface area contributed by atoms with Gasteiger partial charge < -0.3 is 14.6 Å². The van der Waals surface area contributed by atoms with E-state index < -0.39 is 5.97 Å². The van der Waals surface area contributed by atoms with Gasteiger partial charge in [0.25, 0.3) is 0 Å². The maximum absolute atomic E-state index is 12.8. The molecule has 0 aliphatic carbocycles. The molecule has 3 aromatic rings. The molecule has 8 nitrogen and oxygen atoms in total. The van der Waals surface area contributed by atoms with Crippen LogP contribution in [0.15, 0.2) is 57.5 Å². The molecule has 1 saturated heterocycles. The molecule has 32 heavy (non-hydrogen) atoms. The number of nitrogens with one attached hydrogen (secondary N) is 1. The molecular weight excluding hydrogens is 476 g/mol. The number of anilines is 1. The third-order valence-corrected chi connectivity index (χ3v) is 6.01. The Morgan fingerprint density at radius 1 is 1.16 bits per heavy atom. The molecule has 0 saturated carbocycles. The first kappa shape index (κ1) is 22.2. The summed E-state index contributed by atoms with van der Waals surface area (Å²) in [5.74, 6) is 0.427. The molecule has 1 N–H and O–H groups in total. The van der Waals surface area contributed by atoms with E-state index in [1.165, 1.54) is 7.11 Å². The Morgan fingerprint density at radius 3 is 2.59 bits per heavy atom. The van der Waals surface area contributed by atoms with Crippen LogP contribution in [-0.4, -0.2) is 47.1 Å². The molecule has 0 bridgehead atoms. The zero-order valence-corrected chi connectivity index (χ0v) is 19.2. The molecule has 1 amide bonds. The van der Waals surface area contributed by atoms with Crippen molar-refractivity contribution in [2.24, 2.45) is 5.92 Å². The number of carbonyl (C=O) groups is 2. The van der Waals surface area contributed by atoms with Crippen LogP contribution in [0.5, 0.6) is 0 Å². The largest absolute Gasteiger partial charge is 0.465 e. The van der Waals surface area contributed by atoms with Gasteiger partial charge >= 0.3 is 5.97 Å². The van der Waals surface area contributed by atoms with Crippen molar-refractivity contribution in [2.45, 2.75) is 19.4 Å². The predicted molar refractivity (Wildman–Crippen MR) is 122 cm³/mol. The number of benzene rings is 2. The lowest BCUT2D eigenvalue weighted by molar-refractivity contribution is -0.121. The van der Waals surface area contributed by atoms with E-state index in [0.29, 0.717) is 42.4 Å². The monoisotopic (exact) mass is 498 g/mol. The van der Waals surface area contributed by atoms with Gasteiger partial charge in [0.1, 0.15) is 0 Å². The minimum absolute atomic E-state index is 0.0867. The van der Waals surface area contributed by atoms with Gasteiger partial charge in [-0.1, -0.05) is 33.2 Å². The molecular formula is C23H23BrN4O4. The average molecular weight is 499 g/mol. The third kappa shape index (κ3) is 5.23. The Bertz CT molecular complexity index is 1090. The van der Waals surface area contributed by atoms with Crippen LogP contribution in [-0.2, 0) is 16.1 Å². The van der Waals surface area contributed by atoms with Crippen molar-refractivity contribution in [3.63, 3.8) is 0 Å². The van der Waals surface area contributed by atoms with Crippen LogP contribution in [0.3, 0.4) is 0 Å². The molecule has 0 spiro atoms. The number of ether oxygens (including phenoxy) is 1. The van der Waals surface area contributed by atoms with E-state index in [1.54, 1.807) is 24.3 Å². The minimum atomic E-state index is -0.474. The maximum Gasteiger partial charge on any atom is 0.339 e. The number of likely N-dealkylation sites (tertiary alicyclic amines) is 1. The Balaban J connectivity index is 1.31. The van der Waals surface area contributed by atoms with Gasteiger partial charge in [0.15, 0.2) is 0 Å². The number of methoxy groups -OCH3 is 1. The van der Waals surface area contributed by atoms with Gasteiger partial charge in [-0.05, 0) is 62.3 Å². The number of piperidine rings is 1. The minimum Gasteiger partial charge on any atom is -0.465 e. The smallest absolute Gasteiger partial charge is 0.339 e. The summed E-state index contributed by atoms with van der Waals surface area (Å²) < 4.78 is 11.2. The van der Waals surface area contributed by atoms with Crippen molar-refractivity contribution in [1.82, 2.24) is 15.0 Å². The third-order valence-electron chi connectivity index (χ3n) is 5.48. The van der Waals surface area contributed by atoms with Crippen molar-refractivity contribution in [3.05, 3.63) is 64.5 Å². The van der Waals surface area contributed by atoms with Gasteiger partial charge in [-0.2, -0.15) is 4.98 Å². The number of amides is 1. The first-order chi connectivity index (χ1) is 15.5. The van der Waals surface area contributed by atoms with E-state index >= 15 is 0 Å². The summed E-state index contributed by atoms with van der Waals surface area (Å²) in [5, 5.41) is 6.95. The van der Waals surface area contributed by atoms with Crippen molar-refractivity contribution in [2.75, 3.05) is 25.5 Å². The Hall–Kier alpha value is -3.04. The standard InChI is InChI=1S/C23H23BrN4O4/c1-31-23(30)18-4-2-3-5-19(18)25-22(29)16-10-12-28(13-11-16)14-20-26-21(27-32-20)15-6-8-17(24)9-7-15/h2-9,16H,10-14H2,1H3,(H,25,29). The second-order valence-electron chi connectivity index (χ2n) is 7.60. The molecule has 1 aliphatic rings. The van der Waals surface area contributed by atoms with Gasteiger partial charge in [-0.15, -0.1) is 0 Å². The molecule has 166 valence electrons. The zero-order chi connectivity index (χ0) is 22.5. The zero-order valence-electron chi connectivity index (χ0n) is 17.6. The van der Waals surface area contributed by atoms with Crippen LogP contribution < -0.4 is 5.32 Å². The van der Waals surface area contributed by atoms with Gasteiger partial charge in [0.05, 0.1) is 24.9 Å². The molecule has 2 aromatic carbocycles. The summed E-state index contributed by atoms with van der Waals surface area (Å²) in [6, 6.07) is 14.6.